The van der Waals surface area contributed by atoms with Gasteiger partial charge in [-0.2, -0.15) is 10.5 Å². The number of nitrogens with zero attached hydrogens (tertiary/aromatic N) is 5. The number of nitrogens with two attached hydrogens (primary N) is 1. The standard InChI is InChI=1S/C17H13N7O3S/c1-2-24-8-14(27-23-24)21-13(25)9-28-17-11(7-19)15(12-4-3-5-26-12)10(6-18)16(20)22-17/h3-5,8H,2,9H2,1H3,(H2-,20,21,22,23,25)/p+1. The van der Waals surface area contributed by atoms with Gasteiger partial charge in [0.1, 0.15) is 34.3 Å². The molecule has 3 heterocycles. The quantitative estimate of drug-likeness (QED) is 0.467. The first kappa shape index (κ1) is 18.9. The second kappa shape index (κ2) is 8.24. The number of thioether (sulfide) groups is 1. The van der Waals surface area contributed by atoms with Crippen molar-refractivity contribution in [2.24, 2.45) is 0 Å². The number of anilines is 2. The number of nitrogen functional groups attached to an aromatic ring is 1. The summed E-state index contributed by atoms with van der Waals surface area (Å²) >= 11 is 1.01. The predicted octanol–water partition coefficient (Wildman–Crippen LogP) is 1.69. The molecule has 3 aromatic rings. The maximum absolute atomic E-state index is 12.2. The van der Waals surface area contributed by atoms with Gasteiger partial charge in [0.25, 0.3) is 6.20 Å². The second-order valence-electron chi connectivity index (χ2n) is 5.39. The average Bonchev–Trinajstić information content (AvgIpc) is 3.37. The zero-order chi connectivity index (χ0) is 20.1. The van der Waals surface area contributed by atoms with Crippen LogP contribution in [0.3, 0.4) is 0 Å². The molecule has 0 spiro atoms. The van der Waals surface area contributed by atoms with Crippen molar-refractivity contribution in [3.8, 4) is 23.5 Å². The molecule has 3 rings (SSSR count). The fraction of sp³-hybridized carbons (Fsp3) is 0.176. The minimum absolute atomic E-state index is 0.0463. The van der Waals surface area contributed by atoms with Gasteiger partial charge >= 0.3 is 5.88 Å². The third kappa shape index (κ3) is 3.79. The molecule has 10 nitrogen and oxygen atoms in total. The Bertz CT molecular complexity index is 1090. The van der Waals surface area contributed by atoms with E-state index in [4.69, 9.17) is 14.7 Å². The molecule has 0 aliphatic heterocycles. The molecule has 28 heavy (non-hydrogen) atoms. The van der Waals surface area contributed by atoms with E-state index in [1.165, 1.54) is 10.9 Å². The molecule has 0 saturated heterocycles. The Hall–Kier alpha value is -3.83. The third-order valence-electron chi connectivity index (χ3n) is 3.62. The summed E-state index contributed by atoms with van der Waals surface area (Å²) in [6, 6.07) is 7.22. The van der Waals surface area contributed by atoms with Gasteiger partial charge in [0.2, 0.25) is 11.2 Å². The van der Waals surface area contributed by atoms with Gasteiger partial charge in [-0.3, -0.25) is 14.6 Å². The monoisotopic (exact) mass is 396 g/mol. The van der Waals surface area contributed by atoms with Crippen molar-refractivity contribution in [2.75, 3.05) is 16.8 Å². The molecule has 0 radical (unpaired) electrons. The van der Waals surface area contributed by atoms with E-state index in [1.54, 1.807) is 18.3 Å². The summed E-state index contributed by atoms with van der Waals surface area (Å²) in [7, 11) is 0. The number of hydrogen-bond donors (Lipinski definition) is 2. The normalized spacial score (nSPS) is 10.2. The van der Waals surface area contributed by atoms with Crippen LogP contribution in [0, 0.1) is 22.7 Å². The summed E-state index contributed by atoms with van der Waals surface area (Å²) < 4.78 is 11.8. The van der Waals surface area contributed by atoms with Crippen molar-refractivity contribution >= 4 is 29.4 Å². The molecule has 0 aliphatic carbocycles. The molecule has 1 amide bonds. The van der Waals surface area contributed by atoms with Crippen LogP contribution in [0.5, 0.6) is 0 Å². The van der Waals surface area contributed by atoms with Crippen LogP contribution in [0.15, 0.2) is 38.6 Å². The van der Waals surface area contributed by atoms with Crippen molar-refractivity contribution in [3.63, 3.8) is 0 Å². The van der Waals surface area contributed by atoms with Gasteiger partial charge < -0.3 is 10.2 Å². The van der Waals surface area contributed by atoms with Gasteiger partial charge in [0.15, 0.2) is 6.54 Å². The molecule has 0 aromatic carbocycles. The average molecular weight is 396 g/mol. The van der Waals surface area contributed by atoms with Crippen LogP contribution in [0.1, 0.15) is 18.1 Å². The fourth-order valence-electron chi connectivity index (χ4n) is 2.36. The van der Waals surface area contributed by atoms with Crippen molar-refractivity contribution in [2.45, 2.75) is 18.5 Å². The zero-order valence-corrected chi connectivity index (χ0v) is 15.5. The van der Waals surface area contributed by atoms with Crippen LogP contribution in [0.2, 0.25) is 0 Å². The van der Waals surface area contributed by atoms with E-state index >= 15 is 0 Å². The molecule has 3 N–H and O–H groups in total. The van der Waals surface area contributed by atoms with E-state index in [-0.39, 0.29) is 45.1 Å². The molecule has 0 atom stereocenters. The molecule has 3 aromatic heterocycles. The SMILES string of the molecule is CC[n+]1cc(NC(=O)CSc2nc(N)c(C#N)c(-c3ccco3)c2C#N)on1. The van der Waals surface area contributed by atoms with Crippen LogP contribution in [0.25, 0.3) is 11.3 Å². The highest BCUT2D eigenvalue weighted by molar-refractivity contribution is 8.00. The van der Waals surface area contributed by atoms with Crippen LogP contribution in [-0.2, 0) is 11.3 Å². The molecule has 0 unspecified atom stereocenters. The number of carbonyl (C=O) groups is 1. The van der Waals surface area contributed by atoms with Crippen molar-refractivity contribution < 1.29 is 18.4 Å². The van der Waals surface area contributed by atoms with E-state index in [0.29, 0.717) is 12.3 Å². The zero-order valence-electron chi connectivity index (χ0n) is 14.7. The van der Waals surface area contributed by atoms with Gasteiger partial charge in [-0.25, -0.2) is 4.98 Å². The van der Waals surface area contributed by atoms with Crippen molar-refractivity contribution in [1.82, 2.24) is 10.3 Å². The van der Waals surface area contributed by atoms with E-state index in [9.17, 15) is 15.3 Å². The van der Waals surface area contributed by atoms with Crippen LogP contribution >= 0.6 is 11.8 Å². The molecular weight excluding hydrogens is 382 g/mol. The number of aryl methyl sites for hydroxylation is 1. The Balaban J connectivity index is 1.85. The Morgan fingerprint density at radius 2 is 2.18 bits per heavy atom. The number of hydrogen-bond acceptors (Lipinski definition) is 9. The molecule has 140 valence electrons. The molecule has 11 heteroatoms. The lowest BCUT2D eigenvalue weighted by Gasteiger charge is -2.10. The molecule has 0 fully saturated rings. The minimum atomic E-state index is -0.377. The molecule has 0 bridgehead atoms. The Morgan fingerprint density at radius 1 is 1.39 bits per heavy atom. The number of nitrogens with one attached hydrogen (secondary N) is 1. The maximum atomic E-state index is 12.2. The summed E-state index contributed by atoms with van der Waals surface area (Å²) in [5, 5.41) is 25.5. The third-order valence-corrected chi connectivity index (χ3v) is 4.60. The second-order valence-corrected chi connectivity index (χ2v) is 6.35. The number of pyridine rings is 1. The van der Waals surface area contributed by atoms with Gasteiger partial charge in [0, 0.05) is 0 Å². The van der Waals surface area contributed by atoms with Gasteiger partial charge in [-0.1, -0.05) is 16.4 Å². The van der Waals surface area contributed by atoms with Crippen molar-refractivity contribution in [3.05, 3.63) is 35.7 Å². The summed E-state index contributed by atoms with van der Waals surface area (Å²) in [6.45, 7) is 2.48. The van der Waals surface area contributed by atoms with E-state index in [1.807, 2.05) is 19.1 Å². The van der Waals surface area contributed by atoms with E-state index < -0.39 is 0 Å². The maximum Gasteiger partial charge on any atom is 0.302 e. The fourth-order valence-corrected chi connectivity index (χ4v) is 3.16. The first-order valence-electron chi connectivity index (χ1n) is 8.04. The summed E-state index contributed by atoms with van der Waals surface area (Å²) in [5.41, 5.74) is 6.30. The van der Waals surface area contributed by atoms with Gasteiger partial charge in [-0.15, -0.1) is 0 Å². The molecular formula is C17H14N7O3S+. The first-order valence-corrected chi connectivity index (χ1v) is 9.02. The molecule has 0 aliphatic rings. The number of furan rings is 1. The Morgan fingerprint density at radius 3 is 2.79 bits per heavy atom. The van der Waals surface area contributed by atoms with Crippen LogP contribution < -0.4 is 15.7 Å². The number of carbonyl (C=O) groups excluding carboxylic acids is 1. The highest BCUT2D eigenvalue weighted by Crippen LogP contribution is 2.35. The number of rotatable bonds is 6. The van der Waals surface area contributed by atoms with Crippen LogP contribution in [0.4, 0.5) is 11.7 Å². The smallest absolute Gasteiger partial charge is 0.302 e. The van der Waals surface area contributed by atoms with Crippen LogP contribution in [-0.4, -0.2) is 21.9 Å². The lowest BCUT2D eigenvalue weighted by atomic mass is 10.0. The molecule has 0 saturated carbocycles. The summed E-state index contributed by atoms with van der Waals surface area (Å²) in [6.07, 6.45) is 2.98. The lowest BCUT2D eigenvalue weighted by Crippen LogP contribution is -2.32. The first-order chi connectivity index (χ1) is 13.6. The van der Waals surface area contributed by atoms with Crippen molar-refractivity contribution in [1.29, 1.82) is 10.5 Å². The highest BCUT2D eigenvalue weighted by atomic mass is 32.2. The predicted molar refractivity (Wildman–Crippen MR) is 97.5 cm³/mol. The van der Waals surface area contributed by atoms with Gasteiger partial charge in [0.05, 0.1) is 23.1 Å². The van der Waals surface area contributed by atoms with Gasteiger partial charge in [-0.05, 0) is 19.1 Å². The lowest BCUT2D eigenvalue weighted by molar-refractivity contribution is -0.759. The minimum Gasteiger partial charge on any atom is -0.464 e. The number of amides is 1. The van der Waals surface area contributed by atoms with E-state index in [2.05, 4.69) is 15.6 Å². The number of aromatic nitrogens is 3. The number of nitriles is 2. The largest absolute Gasteiger partial charge is 0.464 e. The highest BCUT2D eigenvalue weighted by Gasteiger charge is 2.23. The summed E-state index contributed by atoms with van der Waals surface area (Å²) in [4.78, 5) is 16.3. The Kier molecular flexibility index (Phi) is 5.58. The summed E-state index contributed by atoms with van der Waals surface area (Å²) in [5.74, 6) is 0.0423. The topological polar surface area (TPSA) is 159 Å². The van der Waals surface area contributed by atoms with E-state index in [0.717, 1.165) is 11.8 Å². The Labute approximate surface area is 163 Å².